The number of hydrogen-bond donors (Lipinski definition) is 1. The van der Waals surface area contributed by atoms with E-state index >= 15 is 0 Å². The molecule has 5 heteroatoms. The Labute approximate surface area is 137 Å². The summed E-state index contributed by atoms with van der Waals surface area (Å²) in [6.45, 7) is 4.44. The van der Waals surface area contributed by atoms with E-state index < -0.39 is 12.0 Å². The Morgan fingerprint density at radius 3 is 2.52 bits per heavy atom. The van der Waals surface area contributed by atoms with Crippen LogP contribution in [-0.4, -0.2) is 47.7 Å². The highest BCUT2D eigenvalue weighted by molar-refractivity contribution is 5.85. The third kappa shape index (κ3) is 4.10. The van der Waals surface area contributed by atoms with Crippen molar-refractivity contribution in [2.24, 2.45) is 0 Å². The van der Waals surface area contributed by atoms with Crippen LogP contribution >= 0.6 is 0 Å². The number of aliphatic carboxylic acids is 1. The SMILES string of the molecule is CCC(CC(=O)N1CC(OC)CC1C(=O)O)c1ccc(C)cc1. The minimum Gasteiger partial charge on any atom is -0.480 e. The molecular weight excluding hydrogens is 294 g/mol. The molecule has 1 saturated heterocycles. The quantitative estimate of drug-likeness (QED) is 0.875. The van der Waals surface area contributed by atoms with Crippen molar-refractivity contribution in [3.8, 4) is 0 Å². The van der Waals surface area contributed by atoms with Crippen LogP contribution in [0.5, 0.6) is 0 Å². The van der Waals surface area contributed by atoms with E-state index in [1.807, 2.05) is 31.2 Å². The number of carbonyl (C=O) groups excluding carboxylic acids is 1. The predicted octanol–water partition coefficient (Wildman–Crippen LogP) is 2.58. The maximum absolute atomic E-state index is 12.6. The highest BCUT2D eigenvalue weighted by atomic mass is 16.5. The lowest BCUT2D eigenvalue weighted by molar-refractivity contribution is -0.148. The van der Waals surface area contributed by atoms with E-state index in [-0.39, 0.29) is 17.9 Å². The summed E-state index contributed by atoms with van der Waals surface area (Å²) >= 11 is 0. The van der Waals surface area contributed by atoms with E-state index in [1.165, 1.54) is 10.5 Å². The Morgan fingerprint density at radius 2 is 2.00 bits per heavy atom. The molecule has 1 heterocycles. The number of carboxylic acid groups (broad SMARTS) is 1. The molecule has 23 heavy (non-hydrogen) atoms. The van der Waals surface area contributed by atoms with Gasteiger partial charge in [0.25, 0.3) is 0 Å². The molecule has 1 aromatic rings. The summed E-state index contributed by atoms with van der Waals surface area (Å²) in [7, 11) is 1.55. The Hall–Kier alpha value is -1.88. The van der Waals surface area contributed by atoms with Gasteiger partial charge in [-0.1, -0.05) is 36.8 Å². The Balaban J connectivity index is 2.09. The molecule has 0 aromatic heterocycles. The predicted molar refractivity (Wildman–Crippen MR) is 87.4 cm³/mol. The molecule has 0 radical (unpaired) electrons. The summed E-state index contributed by atoms with van der Waals surface area (Å²) in [6.07, 6.45) is 1.34. The molecule has 2 rings (SSSR count). The smallest absolute Gasteiger partial charge is 0.326 e. The molecule has 5 nitrogen and oxygen atoms in total. The summed E-state index contributed by atoms with van der Waals surface area (Å²) in [5.41, 5.74) is 2.31. The van der Waals surface area contributed by atoms with Crippen LogP contribution in [0.1, 0.15) is 43.2 Å². The fourth-order valence-corrected chi connectivity index (χ4v) is 3.14. The van der Waals surface area contributed by atoms with Crippen molar-refractivity contribution in [3.05, 3.63) is 35.4 Å². The first-order chi connectivity index (χ1) is 11.0. The molecular formula is C18H25NO4. The minimum absolute atomic E-state index is 0.107. The summed E-state index contributed by atoms with van der Waals surface area (Å²) in [5, 5.41) is 9.34. The fourth-order valence-electron chi connectivity index (χ4n) is 3.14. The average molecular weight is 319 g/mol. The average Bonchev–Trinajstić information content (AvgIpc) is 2.98. The topological polar surface area (TPSA) is 66.8 Å². The van der Waals surface area contributed by atoms with Crippen LogP contribution in [0.2, 0.25) is 0 Å². The van der Waals surface area contributed by atoms with Gasteiger partial charge in [0.05, 0.1) is 6.10 Å². The number of amides is 1. The van der Waals surface area contributed by atoms with Crippen molar-refractivity contribution in [2.75, 3.05) is 13.7 Å². The van der Waals surface area contributed by atoms with Gasteiger partial charge in [-0.15, -0.1) is 0 Å². The van der Waals surface area contributed by atoms with Crippen molar-refractivity contribution in [3.63, 3.8) is 0 Å². The number of benzene rings is 1. The molecule has 0 saturated carbocycles. The lowest BCUT2D eigenvalue weighted by Crippen LogP contribution is -2.41. The van der Waals surface area contributed by atoms with E-state index in [2.05, 4.69) is 6.92 Å². The van der Waals surface area contributed by atoms with Crippen LogP contribution < -0.4 is 0 Å². The van der Waals surface area contributed by atoms with E-state index in [4.69, 9.17) is 4.74 Å². The zero-order valence-corrected chi connectivity index (χ0v) is 14.0. The van der Waals surface area contributed by atoms with Crippen LogP contribution in [0.4, 0.5) is 0 Å². The van der Waals surface area contributed by atoms with E-state index in [1.54, 1.807) is 7.11 Å². The van der Waals surface area contributed by atoms with E-state index in [0.717, 1.165) is 12.0 Å². The number of ether oxygens (including phenoxy) is 1. The number of aryl methyl sites for hydroxylation is 1. The van der Waals surface area contributed by atoms with Gasteiger partial charge < -0.3 is 14.7 Å². The maximum Gasteiger partial charge on any atom is 0.326 e. The molecule has 0 aliphatic carbocycles. The Morgan fingerprint density at radius 1 is 1.35 bits per heavy atom. The first kappa shape index (κ1) is 17.5. The number of carboxylic acids is 1. The molecule has 1 N–H and O–H groups in total. The molecule has 1 aromatic carbocycles. The number of methoxy groups -OCH3 is 1. The summed E-state index contributed by atoms with van der Waals surface area (Å²) < 4.78 is 5.24. The highest BCUT2D eigenvalue weighted by Crippen LogP contribution is 2.28. The molecule has 0 spiro atoms. The molecule has 1 amide bonds. The van der Waals surface area contributed by atoms with Gasteiger partial charge in [-0.3, -0.25) is 4.79 Å². The van der Waals surface area contributed by atoms with Crippen molar-refractivity contribution in [1.82, 2.24) is 4.90 Å². The molecule has 0 bridgehead atoms. The second kappa shape index (κ2) is 7.59. The summed E-state index contributed by atoms with van der Waals surface area (Å²) in [4.78, 5) is 25.5. The fraction of sp³-hybridized carbons (Fsp3) is 0.556. The van der Waals surface area contributed by atoms with Gasteiger partial charge in [0.1, 0.15) is 6.04 Å². The van der Waals surface area contributed by atoms with Gasteiger partial charge >= 0.3 is 5.97 Å². The zero-order chi connectivity index (χ0) is 17.0. The second-order valence-corrected chi connectivity index (χ2v) is 6.21. The lowest BCUT2D eigenvalue weighted by atomic mass is 9.92. The molecule has 3 unspecified atom stereocenters. The third-order valence-corrected chi connectivity index (χ3v) is 4.66. The molecule has 126 valence electrons. The second-order valence-electron chi connectivity index (χ2n) is 6.21. The maximum atomic E-state index is 12.6. The van der Waals surface area contributed by atoms with Crippen LogP contribution in [0, 0.1) is 6.92 Å². The van der Waals surface area contributed by atoms with Crippen molar-refractivity contribution in [2.45, 2.75) is 51.2 Å². The Kier molecular flexibility index (Phi) is 5.77. The Bertz CT molecular complexity index is 555. The van der Waals surface area contributed by atoms with Crippen LogP contribution in [0.15, 0.2) is 24.3 Å². The lowest BCUT2D eigenvalue weighted by Gasteiger charge is -2.24. The standard InChI is InChI=1S/C18H25NO4/c1-4-13(14-7-5-12(2)6-8-14)9-17(20)19-11-15(23-3)10-16(19)18(21)22/h5-8,13,15-16H,4,9-11H2,1-3H3,(H,21,22). The van der Waals surface area contributed by atoms with Crippen LogP contribution in [0.3, 0.4) is 0 Å². The zero-order valence-electron chi connectivity index (χ0n) is 14.0. The van der Waals surface area contributed by atoms with Crippen LogP contribution in [0.25, 0.3) is 0 Å². The van der Waals surface area contributed by atoms with Gasteiger partial charge in [0, 0.05) is 26.5 Å². The van der Waals surface area contributed by atoms with Gasteiger partial charge in [0.2, 0.25) is 5.91 Å². The van der Waals surface area contributed by atoms with Gasteiger partial charge in [-0.05, 0) is 24.8 Å². The molecule has 1 aliphatic heterocycles. The number of nitrogens with zero attached hydrogens (tertiary/aromatic N) is 1. The highest BCUT2D eigenvalue weighted by Gasteiger charge is 2.40. The normalized spacial score (nSPS) is 22.1. The monoisotopic (exact) mass is 319 g/mol. The van der Waals surface area contributed by atoms with E-state index in [0.29, 0.717) is 19.4 Å². The summed E-state index contributed by atoms with van der Waals surface area (Å²) in [5.74, 6) is -0.954. The number of rotatable bonds is 6. The first-order valence-corrected chi connectivity index (χ1v) is 8.07. The van der Waals surface area contributed by atoms with Gasteiger partial charge in [-0.25, -0.2) is 4.79 Å². The first-order valence-electron chi connectivity index (χ1n) is 8.07. The van der Waals surface area contributed by atoms with Crippen molar-refractivity contribution >= 4 is 11.9 Å². The number of carbonyl (C=O) groups is 2. The molecule has 1 fully saturated rings. The van der Waals surface area contributed by atoms with Gasteiger partial charge in [0.15, 0.2) is 0 Å². The van der Waals surface area contributed by atoms with E-state index in [9.17, 15) is 14.7 Å². The number of hydrogen-bond acceptors (Lipinski definition) is 3. The molecule has 3 atom stereocenters. The van der Waals surface area contributed by atoms with Crippen molar-refractivity contribution in [1.29, 1.82) is 0 Å². The molecule has 1 aliphatic rings. The number of likely N-dealkylation sites (tertiary alicyclic amines) is 1. The largest absolute Gasteiger partial charge is 0.480 e. The van der Waals surface area contributed by atoms with Crippen molar-refractivity contribution < 1.29 is 19.4 Å². The minimum atomic E-state index is -0.957. The van der Waals surface area contributed by atoms with Gasteiger partial charge in [-0.2, -0.15) is 0 Å². The summed E-state index contributed by atoms with van der Waals surface area (Å²) in [6, 6.07) is 7.40. The van der Waals surface area contributed by atoms with Crippen LogP contribution in [-0.2, 0) is 14.3 Å². The third-order valence-electron chi connectivity index (χ3n) is 4.66.